The highest BCUT2D eigenvalue weighted by Gasteiger charge is 1.91. The zero-order valence-corrected chi connectivity index (χ0v) is 7.98. The fourth-order valence-electron chi connectivity index (χ4n) is 0.484. The van der Waals surface area contributed by atoms with Gasteiger partial charge in [0.05, 0.1) is 0 Å². The van der Waals surface area contributed by atoms with Crippen LogP contribution in [0.5, 0.6) is 0 Å². The predicted molar refractivity (Wildman–Crippen MR) is 49.9 cm³/mol. The van der Waals surface area contributed by atoms with Crippen LogP contribution in [0.15, 0.2) is 0 Å². The molecule has 0 atom stereocenters. The minimum Gasteiger partial charge on any atom is -0.481 e. The minimum absolute atomic E-state index is 0.0354. The summed E-state index contributed by atoms with van der Waals surface area (Å²) in [5, 5.41) is 24.0. The Morgan fingerprint density at radius 2 is 1.43 bits per heavy atom. The Morgan fingerprint density at radius 3 is 1.57 bits per heavy atom. The van der Waals surface area contributed by atoms with Crippen molar-refractivity contribution in [2.75, 3.05) is 13.2 Å². The van der Waals surface area contributed by atoms with Gasteiger partial charge in [-0.2, -0.15) is 0 Å². The van der Waals surface area contributed by atoms with E-state index < -0.39 is 11.9 Å². The summed E-state index contributed by atoms with van der Waals surface area (Å²) in [6.07, 6.45) is 1.19. The molecule has 0 radical (unpaired) electrons. The van der Waals surface area contributed by atoms with Crippen molar-refractivity contribution in [2.45, 2.75) is 25.7 Å². The number of aliphatic carboxylic acids is 2. The largest absolute Gasteiger partial charge is 0.481 e. The van der Waals surface area contributed by atoms with Gasteiger partial charge in [0.15, 0.2) is 0 Å². The van der Waals surface area contributed by atoms with Gasteiger partial charge in [0, 0.05) is 19.4 Å². The average Bonchev–Trinajstić information content (AvgIpc) is 2.12. The molecular weight excluding hydrogens is 190 g/mol. The number of hydrogen-bond acceptors (Lipinski definition) is 4. The first-order valence-electron chi connectivity index (χ1n) is 4.29. The van der Waals surface area contributed by atoms with Gasteiger partial charge < -0.3 is 21.1 Å². The van der Waals surface area contributed by atoms with Crippen molar-refractivity contribution < 1.29 is 24.9 Å². The Labute approximate surface area is 82.3 Å². The van der Waals surface area contributed by atoms with E-state index in [1.165, 1.54) is 0 Å². The van der Waals surface area contributed by atoms with Gasteiger partial charge in [-0.05, 0) is 19.4 Å². The monoisotopic (exact) mass is 207 g/mol. The van der Waals surface area contributed by atoms with Crippen molar-refractivity contribution >= 4 is 11.9 Å². The van der Waals surface area contributed by atoms with Crippen LogP contribution in [0.25, 0.3) is 0 Å². The smallest absolute Gasteiger partial charge is 0.303 e. The summed E-state index contributed by atoms with van der Waals surface area (Å²) in [5.41, 5.74) is 5.01. The first kappa shape index (κ1) is 15.3. The van der Waals surface area contributed by atoms with Crippen LogP contribution in [0.1, 0.15) is 25.7 Å². The Morgan fingerprint density at radius 1 is 1.00 bits per heavy atom. The topological polar surface area (TPSA) is 121 Å². The lowest BCUT2D eigenvalue weighted by Crippen LogP contribution is -2.02. The highest BCUT2D eigenvalue weighted by Crippen LogP contribution is 1.83. The molecule has 5 N–H and O–H groups in total. The van der Waals surface area contributed by atoms with Crippen LogP contribution >= 0.6 is 0 Å². The molecular formula is C8H17NO5. The van der Waals surface area contributed by atoms with Crippen LogP contribution in [0, 0.1) is 0 Å². The number of nitrogens with two attached hydrogens (primary N) is 1. The van der Waals surface area contributed by atoms with Crippen LogP contribution in [0.3, 0.4) is 0 Å². The summed E-state index contributed by atoms with van der Waals surface area (Å²) in [6.45, 7) is 0.429. The van der Waals surface area contributed by atoms with Gasteiger partial charge in [-0.25, -0.2) is 0 Å². The summed E-state index contributed by atoms with van der Waals surface area (Å²) >= 11 is 0. The molecule has 0 saturated carbocycles. The average molecular weight is 207 g/mol. The quantitative estimate of drug-likeness (QED) is 0.472. The molecule has 0 amide bonds. The number of aliphatic hydroxyl groups excluding tert-OH is 1. The van der Waals surface area contributed by atoms with Crippen LogP contribution in [0.4, 0.5) is 0 Å². The third-order valence-corrected chi connectivity index (χ3v) is 1.14. The lowest BCUT2D eigenvalue weighted by Gasteiger charge is -1.86. The van der Waals surface area contributed by atoms with Gasteiger partial charge in [0.25, 0.3) is 0 Å². The molecule has 0 aliphatic heterocycles. The molecule has 0 aliphatic rings. The molecule has 6 heteroatoms. The van der Waals surface area contributed by atoms with E-state index in [1.807, 2.05) is 0 Å². The van der Waals surface area contributed by atoms with E-state index in [1.54, 1.807) is 0 Å². The fourth-order valence-corrected chi connectivity index (χ4v) is 0.484. The van der Waals surface area contributed by atoms with Gasteiger partial charge in [0.1, 0.15) is 0 Å². The Bertz CT molecular complexity index is 142. The van der Waals surface area contributed by atoms with E-state index in [0.29, 0.717) is 19.4 Å². The molecule has 0 aromatic heterocycles. The summed E-state index contributed by atoms with van der Waals surface area (Å²) in [7, 11) is 0. The molecule has 0 fully saturated rings. The maximum Gasteiger partial charge on any atom is 0.303 e. The van der Waals surface area contributed by atoms with E-state index in [9.17, 15) is 9.59 Å². The molecule has 14 heavy (non-hydrogen) atoms. The van der Waals surface area contributed by atoms with Gasteiger partial charge >= 0.3 is 11.9 Å². The SMILES string of the molecule is NCCCC(=O)O.O=C(O)CCCO. The van der Waals surface area contributed by atoms with Crippen LogP contribution in [0.2, 0.25) is 0 Å². The Kier molecular flexibility index (Phi) is 13.0. The molecule has 0 aliphatic carbocycles. The summed E-state index contributed by atoms with van der Waals surface area (Å²) < 4.78 is 0. The molecule has 0 heterocycles. The van der Waals surface area contributed by atoms with Crippen LogP contribution in [-0.4, -0.2) is 40.4 Å². The Balaban J connectivity index is 0. The number of hydrogen-bond donors (Lipinski definition) is 4. The van der Waals surface area contributed by atoms with E-state index in [0.717, 1.165) is 0 Å². The van der Waals surface area contributed by atoms with Gasteiger partial charge in [0.2, 0.25) is 0 Å². The maximum absolute atomic E-state index is 9.70. The van der Waals surface area contributed by atoms with Crippen molar-refractivity contribution in [3.05, 3.63) is 0 Å². The third-order valence-electron chi connectivity index (χ3n) is 1.14. The van der Waals surface area contributed by atoms with Gasteiger partial charge in [-0.3, -0.25) is 9.59 Å². The van der Waals surface area contributed by atoms with Crippen molar-refractivity contribution in [1.82, 2.24) is 0 Å². The maximum atomic E-state index is 9.70. The van der Waals surface area contributed by atoms with E-state index in [4.69, 9.17) is 21.1 Å². The first-order valence-corrected chi connectivity index (χ1v) is 4.29. The lowest BCUT2D eigenvalue weighted by molar-refractivity contribution is -0.138. The van der Waals surface area contributed by atoms with E-state index in [-0.39, 0.29) is 19.4 Å². The molecule has 0 spiro atoms. The zero-order valence-electron chi connectivity index (χ0n) is 7.98. The van der Waals surface area contributed by atoms with Gasteiger partial charge in [-0.15, -0.1) is 0 Å². The van der Waals surface area contributed by atoms with Crippen LogP contribution in [-0.2, 0) is 9.59 Å². The highest BCUT2D eigenvalue weighted by molar-refractivity contribution is 5.66. The third kappa shape index (κ3) is 22.4. The van der Waals surface area contributed by atoms with E-state index >= 15 is 0 Å². The standard InChI is InChI=1S/C4H9NO2.C4H8O3/c2*5-3-1-2-4(6)7/h1-3,5H2,(H,6,7);5H,1-3H2,(H,6,7). The number of carboxylic acids is 2. The first-order chi connectivity index (χ1) is 6.54. The van der Waals surface area contributed by atoms with Gasteiger partial charge in [-0.1, -0.05) is 0 Å². The number of carbonyl (C=O) groups is 2. The molecule has 84 valence electrons. The predicted octanol–water partition coefficient (Wildman–Crippen LogP) is -0.347. The molecule has 0 aromatic rings. The van der Waals surface area contributed by atoms with Crippen molar-refractivity contribution in [3.63, 3.8) is 0 Å². The van der Waals surface area contributed by atoms with Crippen molar-refractivity contribution in [2.24, 2.45) is 5.73 Å². The van der Waals surface area contributed by atoms with Crippen LogP contribution < -0.4 is 5.73 Å². The van der Waals surface area contributed by atoms with Crippen molar-refractivity contribution in [1.29, 1.82) is 0 Å². The zero-order chi connectivity index (χ0) is 11.4. The molecule has 0 aromatic carbocycles. The number of carboxylic acid groups (broad SMARTS) is 2. The lowest BCUT2D eigenvalue weighted by atomic mass is 10.3. The second kappa shape index (κ2) is 11.9. The normalized spacial score (nSPS) is 8.71. The molecule has 6 nitrogen and oxygen atoms in total. The highest BCUT2D eigenvalue weighted by atomic mass is 16.4. The minimum atomic E-state index is -0.853. The summed E-state index contributed by atoms with van der Waals surface area (Å²) in [6, 6.07) is 0. The number of rotatable bonds is 6. The second-order valence-electron chi connectivity index (χ2n) is 2.51. The second-order valence-corrected chi connectivity index (χ2v) is 2.51. The summed E-state index contributed by atoms with van der Waals surface area (Å²) in [4.78, 5) is 19.3. The molecule has 0 unspecified atom stereocenters. The Hall–Kier alpha value is -1.14. The molecule has 0 bridgehead atoms. The molecule has 0 saturated heterocycles. The number of aliphatic hydroxyl groups is 1. The van der Waals surface area contributed by atoms with E-state index in [2.05, 4.69) is 0 Å². The molecule has 0 rings (SSSR count). The summed E-state index contributed by atoms with van der Waals surface area (Å²) in [5.74, 6) is -1.63. The fraction of sp³-hybridized carbons (Fsp3) is 0.750. The van der Waals surface area contributed by atoms with Crippen molar-refractivity contribution in [3.8, 4) is 0 Å².